The highest BCUT2D eigenvalue weighted by Crippen LogP contribution is 2.57. The predicted molar refractivity (Wildman–Crippen MR) is 107 cm³/mol. The minimum atomic E-state index is -0.843. The molecular formula is C21H18F2N6O2. The van der Waals surface area contributed by atoms with Crippen LogP contribution < -0.4 is 10.5 Å². The largest absolute Gasteiger partial charge is 0.371 e. The van der Waals surface area contributed by atoms with Crippen LogP contribution in [0.2, 0.25) is 0 Å². The van der Waals surface area contributed by atoms with Crippen LogP contribution >= 0.6 is 0 Å². The Morgan fingerprint density at radius 3 is 2.77 bits per heavy atom. The van der Waals surface area contributed by atoms with Gasteiger partial charge in [0, 0.05) is 42.9 Å². The fraction of sp³-hybridized carbons (Fsp3) is 0.381. The number of fused-ring (bicyclic) bond motifs is 2. The maximum Gasteiger partial charge on any atom is 0.259 e. The molecule has 2 aliphatic heterocycles. The summed E-state index contributed by atoms with van der Waals surface area (Å²) in [6.45, 7) is 3.53. The molecule has 4 heterocycles. The molecule has 0 spiro atoms. The molecular weight excluding hydrogens is 406 g/mol. The second-order valence-corrected chi connectivity index (χ2v) is 8.38. The van der Waals surface area contributed by atoms with Gasteiger partial charge in [-0.25, -0.2) is 18.8 Å². The van der Waals surface area contributed by atoms with Crippen LogP contribution in [0.25, 0.3) is 0 Å². The molecule has 31 heavy (non-hydrogen) atoms. The van der Waals surface area contributed by atoms with Gasteiger partial charge in [-0.1, -0.05) is 12.1 Å². The molecule has 1 saturated heterocycles. The predicted octanol–water partition coefficient (Wildman–Crippen LogP) is 2.62. The van der Waals surface area contributed by atoms with Crippen molar-refractivity contribution < 1.29 is 13.3 Å². The van der Waals surface area contributed by atoms with E-state index in [1.54, 1.807) is 12.3 Å². The molecule has 0 bridgehead atoms. The molecule has 0 N–H and O–H groups in total. The zero-order chi connectivity index (χ0) is 21.3. The Morgan fingerprint density at radius 2 is 2.00 bits per heavy atom. The lowest BCUT2D eigenvalue weighted by Crippen LogP contribution is -2.25. The summed E-state index contributed by atoms with van der Waals surface area (Å²) in [7, 11) is 0. The molecule has 2 aromatic heterocycles. The molecule has 1 aliphatic carbocycles. The first-order valence-electron chi connectivity index (χ1n) is 10.2. The number of nitrogens with zero attached hydrogens (tertiary/aromatic N) is 6. The van der Waals surface area contributed by atoms with Gasteiger partial charge in [0.15, 0.2) is 23.3 Å². The highest BCUT2D eigenvalue weighted by molar-refractivity contribution is 5.78. The average molecular weight is 424 g/mol. The first kappa shape index (κ1) is 18.3. The summed E-state index contributed by atoms with van der Waals surface area (Å²) in [4.78, 5) is 27.6. The summed E-state index contributed by atoms with van der Waals surface area (Å²) in [6.07, 6.45) is 3.16. The van der Waals surface area contributed by atoms with Gasteiger partial charge in [-0.15, -0.1) is 0 Å². The van der Waals surface area contributed by atoms with Crippen LogP contribution in [0.1, 0.15) is 36.0 Å². The number of anilines is 1. The van der Waals surface area contributed by atoms with Crippen LogP contribution in [-0.4, -0.2) is 39.0 Å². The summed E-state index contributed by atoms with van der Waals surface area (Å²) in [5.41, 5.74) is 1.11. The highest BCUT2D eigenvalue weighted by Gasteiger charge is 2.58. The molecule has 0 amide bonds. The lowest BCUT2D eigenvalue weighted by atomic mass is 10.1. The van der Waals surface area contributed by atoms with Gasteiger partial charge in [0.25, 0.3) is 5.56 Å². The van der Waals surface area contributed by atoms with E-state index < -0.39 is 11.6 Å². The van der Waals surface area contributed by atoms with Crippen LogP contribution in [0, 0.1) is 23.5 Å². The Kier molecular flexibility index (Phi) is 3.87. The highest BCUT2D eigenvalue weighted by atomic mass is 19.2. The Labute approximate surface area is 175 Å². The smallest absolute Gasteiger partial charge is 0.259 e. The minimum absolute atomic E-state index is 0.0657. The van der Waals surface area contributed by atoms with Crippen LogP contribution in [0.3, 0.4) is 0 Å². The summed E-state index contributed by atoms with van der Waals surface area (Å²) in [5.74, 6) is 0.589. The SMILES string of the molecule is CC1C=Nc2ncn(Cc3nc(C4[C@H]5CN(c6ccc(F)c(F)c6)C[C@@H]45)no3)c(=O)c21. The van der Waals surface area contributed by atoms with Crippen LogP contribution in [0.15, 0.2) is 38.8 Å². The van der Waals surface area contributed by atoms with Crippen molar-refractivity contribution in [2.75, 3.05) is 18.0 Å². The van der Waals surface area contributed by atoms with Crippen molar-refractivity contribution in [2.24, 2.45) is 16.8 Å². The van der Waals surface area contributed by atoms with Crippen molar-refractivity contribution in [1.82, 2.24) is 19.7 Å². The van der Waals surface area contributed by atoms with Crippen molar-refractivity contribution in [3.8, 4) is 0 Å². The molecule has 10 heteroatoms. The number of hydrogen-bond acceptors (Lipinski definition) is 7. The van der Waals surface area contributed by atoms with Crippen molar-refractivity contribution in [1.29, 1.82) is 0 Å². The number of hydrogen-bond donors (Lipinski definition) is 0. The third kappa shape index (κ3) is 2.88. The van der Waals surface area contributed by atoms with Gasteiger partial charge in [0.1, 0.15) is 12.9 Å². The van der Waals surface area contributed by atoms with E-state index in [0.717, 1.165) is 19.2 Å². The molecule has 158 valence electrons. The van der Waals surface area contributed by atoms with Crippen molar-refractivity contribution in [3.05, 3.63) is 63.8 Å². The fourth-order valence-electron chi connectivity index (χ4n) is 4.78. The third-order valence-electron chi connectivity index (χ3n) is 6.48. The number of aliphatic imine (C=N–C) groups is 1. The van der Waals surface area contributed by atoms with Gasteiger partial charge in [-0.2, -0.15) is 4.98 Å². The van der Waals surface area contributed by atoms with Crippen molar-refractivity contribution >= 4 is 17.7 Å². The Bertz CT molecular complexity index is 1270. The Morgan fingerprint density at radius 1 is 1.19 bits per heavy atom. The Hall–Kier alpha value is -3.43. The first-order chi connectivity index (χ1) is 15.0. The molecule has 1 aromatic carbocycles. The third-order valence-corrected chi connectivity index (χ3v) is 6.48. The molecule has 3 aliphatic rings. The molecule has 6 rings (SSSR count). The number of benzene rings is 1. The van der Waals surface area contributed by atoms with Crippen molar-refractivity contribution in [3.63, 3.8) is 0 Å². The van der Waals surface area contributed by atoms with Crippen molar-refractivity contribution in [2.45, 2.75) is 25.3 Å². The lowest BCUT2D eigenvalue weighted by Gasteiger charge is -2.21. The molecule has 3 aromatic rings. The monoisotopic (exact) mass is 424 g/mol. The second-order valence-electron chi connectivity index (χ2n) is 8.38. The fourth-order valence-corrected chi connectivity index (χ4v) is 4.78. The van der Waals surface area contributed by atoms with Gasteiger partial charge in [-0.3, -0.25) is 9.36 Å². The quantitative estimate of drug-likeness (QED) is 0.640. The zero-order valence-corrected chi connectivity index (χ0v) is 16.6. The maximum absolute atomic E-state index is 13.5. The topological polar surface area (TPSA) is 89.4 Å². The van der Waals surface area contributed by atoms with Crippen LogP contribution in [0.4, 0.5) is 20.3 Å². The normalized spacial score (nSPS) is 25.7. The molecule has 2 fully saturated rings. The Balaban J connectivity index is 1.14. The summed E-state index contributed by atoms with van der Waals surface area (Å²) in [5, 5.41) is 4.12. The number of aromatic nitrogens is 4. The standard InChI is InChI=1S/C21H18F2N6O2/c1-10-5-24-19-17(10)21(30)29(9-25-19)8-16-26-20(27-31-16)18-12-6-28(7-13(12)18)11-2-3-14(22)15(23)4-11/h2-5,9-10,12-13,18H,6-8H2,1H3/t10?,12-,13+,18?. The van der Waals surface area contributed by atoms with E-state index in [-0.39, 0.29) is 23.9 Å². The van der Waals surface area contributed by atoms with Gasteiger partial charge in [0.2, 0.25) is 5.89 Å². The van der Waals surface area contributed by atoms with E-state index >= 15 is 0 Å². The van der Waals surface area contributed by atoms with Gasteiger partial charge in [-0.05, 0) is 24.0 Å². The van der Waals surface area contributed by atoms with Gasteiger partial charge in [0.05, 0.1) is 5.56 Å². The maximum atomic E-state index is 13.5. The molecule has 2 unspecified atom stereocenters. The van der Waals surface area contributed by atoms with E-state index in [0.29, 0.717) is 40.6 Å². The number of piperidine rings is 1. The minimum Gasteiger partial charge on any atom is -0.371 e. The van der Waals surface area contributed by atoms with E-state index in [2.05, 4.69) is 20.1 Å². The summed E-state index contributed by atoms with van der Waals surface area (Å²) >= 11 is 0. The van der Waals surface area contributed by atoms with Gasteiger partial charge >= 0.3 is 0 Å². The first-order valence-corrected chi connectivity index (χ1v) is 10.2. The summed E-state index contributed by atoms with van der Waals surface area (Å²) < 4.78 is 33.5. The zero-order valence-electron chi connectivity index (χ0n) is 16.6. The second kappa shape index (κ2) is 6.53. The number of halogens is 2. The molecule has 4 atom stereocenters. The average Bonchev–Trinajstić information content (AvgIpc) is 3.18. The van der Waals surface area contributed by atoms with Gasteiger partial charge < -0.3 is 9.42 Å². The summed E-state index contributed by atoms with van der Waals surface area (Å²) in [6, 6.07) is 3.98. The van der Waals surface area contributed by atoms with E-state index in [9.17, 15) is 13.6 Å². The van der Waals surface area contributed by atoms with E-state index in [4.69, 9.17) is 4.52 Å². The molecule has 0 radical (unpaired) electrons. The van der Waals surface area contributed by atoms with E-state index in [1.165, 1.54) is 17.0 Å². The lowest BCUT2D eigenvalue weighted by molar-refractivity contribution is 0.363. The van der Waals surface area contributed by atoms with E-state index in [1.807, 2.05) is 11.8 Å². The molecule has 8 nitrogen and oxygen atoms in total. The number of rotatable bonds is 4. The van der Waals surface area contributed by atoms with Crippen LogP contribution in [-0.2, 0) is 6.54 Å². The molecule has 1 saturated carbocycles. The van der Waals surface area contributed by atoms with Crippen LogP contribution in [0.5, 0.6) is 0 Å².